The summed E-state index contributed by atoms with van der Waals surface area (Å²) >= 11 is 7.72. The van der Waals surface area contributed by atoms with E-state index in [0.29, 0.717) is 28.1 Å². The quantitative estimate of drug-likeness (QED) is 0.563. The molecule has 3 N–H and O–H groups in total. The van der Waals surface area contributed by atoms with Crippen molar-refractivity contribution in [3.05, 3.63) is 39.7 Å². The topological polar surface area (TPSA) is 99.5 Å². The SMILES string of the molecule is O=C(O)C[C@@]1(c2nc(-c3ccccc3Cl)cs2)C(=O)N[C@@H](CO)CCC[C@@H]1C1CCCC1. The molecule has 3 atom stereocenters. The zero-order valence-electron chi connectivity index (χ0n) is 17.9. The highest BCUT2D eigenvalue weighted by atomic mass is 35.5. The second-order valence-electron chi connectivity index (χ2n) is 8.99. The Morgan fingerprint density at radius 2 is 1.94 bits per heavy atom. The summed E-state index contributed by atoms with van der Waals surface area (Å²) < 4.78 is 0. The van der Waals surface area contributed by atoms with Crippen LogP contribution in [0.4, 0.5) is 0 Å². The summed E-state index contributed by atoms with van der Waals surface area (Å²) in [6, 6.07) is 7.02. The second-order valence-corrected chi connectivity index (χ2v) is 10.3. The number of nitrogens with one attached hydrogen (secondary N) is 1. The Morgan fingerprint density at radius 3 is 2.62 bits per heavy atom. The Kier molecular flexibility index (Phi) is 7.17. The predicted octanol–water partition coefficient (Wildman–Crippen LogP) is 4.64. The van der Waals surface area contributed by atoms with E-state index in [1.54, 1.807) is 6.07 Å². The van der Waals surface area contributed by atoms with Gasteiger partial charge in [-0.25, -0.2) is 4.98 Å². The van der Waals surface area contributed by atoms with Crippen LogP contribution in [0, 0.1) is 11.8 Å². The molecule has 0 unspecified atom stereocenters. The van der Waals surface area contributed by atoms with Crippen LogP contribution in [-0.2, 0) is 15.0 Å². The minimum Gasteiger partial charge on any atom is -0.481 e. The standard InChI is InChI=1S/C24H29ClN2O4S/c25-19-11-4-3-9-17(19)20-14-32-23(27-20)24(12-21(29)30)18(15-6-1-2-7-15)10-5-8-16(13-28)26-22(24)31/h3-4,9,11,14-16,18,28H,1-2,5-8,10,12-13H2,(H,26,31)(H,29,30)/t16-,18-,24+/m1/s1. The molecule has 1 aromatic carbocycles. The van der Waals surface area contributed by atoms with Crippen molar-refractivity contribution in [2.24, 2.45) is 11.8 Å². The van der Waals surface area contributed by atoms with Crippen LogP contribution in [0.2, 0.25) is 5.02 Å². The molecule has 1 aromatic heterocycles. The van der Waals surface area contributed by atoms with Crippen molar-refractivity contribution >= 4 is 34.8 Å². The van der Waals surface area contributed by atoms with E-state index in [9.17, 15) is 19.8 Å². The summed E-state index contributed by atoms with van der Waals surface area (Å²) in [5, 5.41) is 25.6. The third kappa shape index (κ3) is 4.43. The van der Waals surface area contributed by atoms with Crippen molar-refractivity contribution in [1.29, 1.82) is 0 Å². The van der Waals surface area contributed by atoms with E-state index in [4.69, 9.17) is 16.6 Å². The maximum Gasteiger partial charge on any atom is 0.304 e. The highest BCUT2D eigenvalue weighted by Crippen LogP contribution is 2.50. The van der Waals surface area contributed by atoms with Gasteiger partial charge >= 0.3 is 5.97 Å². The maximum atomic E-state index is 13.8. The van der Waals surface area contributed by atoms with Crippen LogP contribution in [0.15, 0.2) is 29.6 Å². The van der Waals surface area contributed by atoms with Gasteiger partial charge in [0.2, 0.25) is 5.91 Å². The lowest BCUT2D eigenvalue weighted by molar-refractivity contribution is -0.145. The molecule has 1 aliphatic carbocycles. The van der Waals surface area contributed by atoms with Crippen LogP contribution in [0.3, 0.4) is 0 Å². The smallest absolute Gasteiger partial charge is 0.304 e. The van der Waals surface area contributed by atoms with E-state index < -0.39 is 11.4 Å². The van der Waals surface area contributed by atoms with Gasteiger partial charge in [-0.1, -0.05) is 61.9 Å². The number of amides is 1. The van der Waals surface area contributed by atoms with Gasteiger partial charge in [0.15, 0.2) is 0 Å². The number of aliphatic hydroxyl groups excluding tert-OH is 1. The largest absolute Gasteiger partial charge is 0.481 e. The number of aromatic nitrogens is 1. The molecule has 1 aliphatic heterocycles. The fraction of sp³-hybridized carbons (Fsp3) is 0.542. The van der Waals surface area contributed by atoms with Crippen LogP contribution in [0.1, 0.15) is 56.4 Å². The fourth-order valence-electron chi connectivity index (χ4n) is 5.57. The van der Waals surface area contributed by atoms with Gasteiger partial charge in [-0.15, -0.1) is 11.3 Å². The molecule has 2 heterocycles. The van der Waals surface area contributed by atoms with E-state index in [1.807, 2.05) is 23.6 Å². The molecule has 1 saturated carbocycles. The molecule has 2 aromatic rings. The van der Waals surface area contributed by atoms with Gasteiger partial charge < -0.3 is 15.5 Å². The molecular formula is C24H29ClN2O4S. The summed E-state index contributed by atoms with van der Waals surface area (Å²) in [5.41, 5.74) is 0.150. The third-order valence-corrected chi connectivity index (χ3v) is 8.45. The number of aliphatic carboxylic acids is 1. The molecule has 1 saturated heterocycles. The molecule has 0 bridgehead atoms. The third-order valence-electron chi connectivity index (χ3n) is 7.10. The van der Waals surface area contributed by atoms with Crippen molar-refractivity contribution in [3.63, 3.8) is 0 Å². The number of carboxylic acid groups (broad SMARTS) is 1. The predicted molar refractivity (Wildman–Crippen MR) is 125 cm³/mol. The van der Waals surface area contributed by atoms with Crippen molar-refractivity contribution in [1.82, 2.24) is 10.3 Å². The monoisotopic (exact) mass is 476 g/mol. The number of carbonyl (C=O) groups is 2. The van der Waals surface area contributed by atoms with E-state index in [0.717, 1.165) is 44.1 Å². The number of thiazole rings is 1. The number of carboxylic acids is 1. The summed E-state index contributed by atoms with van der Waals surface area (Å²) in [5.74, 6) is -1.15. The first-order chi connectivity index (χ1) is 15.5. The molecule has 4 rings (SSSR count). The summed E-state index contributed by atoms with van der Waals surface area (Å²) in [7, 11) is 0. The first-order valence-corrected chi connectivity index (χ1v) is 12.6. The lowest BCUT2D eigenvalue weighted by Crippen LogP contribution is -2.56. The molecule has 6 nitrogen and oxygen atoms in total. The summed E-state index contributed by atoms with van der Waals surface area (Å²) in [6.07, 6.45) is 6.18. The van der Waals surface area contributed by atoms with Crippen LogP contribution in [0.25, 0.3) is 11.3 Å². The number of hydrogen-bond acceptors (Lipinski definition) is 5. The fourth-order valence-corrected chi connectivity index (χ4v) is 6.89. The molecule has 0 spiro atoms. The normalized spacial score (nSPS) is 27.0. The molecule has 8 heteroatoms. The second kappa shape index (κ2) is 9.89. The van der Waals surface area contributed by atoms with Crippen molar-refractivity contribution in [2.75, 3.05) is 6.61 Å². The van der Waals surface area contributed by atoms with Gasteiger partial charge in [-0.3, -0.25) is 9.59 Å². The van der Waals surface area contributed by atoms with Gasteiger partial charge in [0.25, 0.3) is 0 Å². The summed E-state index contributed by atoms with van der Waals surface area (Å²) in [6.45, 7) is -0.161. The minimum absolute atomic E-state index is 0.106. The maximum absolute atomic E-state index is 13.8. The average Bonchev–Trinajstić information content (AvgIpc) is 3.46. The van der Waals surface area contributed by atoms with Crippen LogP contribution >= 0.6 is 22.9 Å². The highest BCUT2D eigenvalue weighted by Gasteiger charge is 2.54. The Labute approximate surface area is 197 Å². The first kappa shape index (κ1) is 23.2. The van der Waals surface area contributed by atoms with Crippen molar-refractivity contribution in [3.8, 4) is 11.3 Å². The van der Waals surface area contributed by atoms with Crippen LogP contribution in [-0.4, -0.2) is 39.7 Å². The van der Waals surface area contributed by atoms with E-state index in [-0.39, 0.29) is 30.9 Å². The van der Waals surface area contributed by atoms with Gasteiger partial charge in [0, 0.05) is 16.0 Å². The minimum atomic E-state index is -1.27. The average molecular weight is 477 g/mol. The van der Waals surface area contributed by atoms with Gasteiger partial charge in [0.1, 0.15) is 10.4 Å². The lowest BCUT2D eigenvalue weighted by atomic mass is 9.63. The van der Waals surface area contributed by atoms with Crippen LogP contribution in [0.5, 0.6) is 0 Å². The number of rotatable bonds is 6. The Balaban J connectivity index is 1.85. The number of aliphatic hydroxyl groups is 1. The van der Waals surface area contributed by atoms with Crippen molar-refractivity contribution < 1.29 is 19.8 Å². The molecule has 32 heavy (non-hydrogen) atoms. The zero-order chi connectivity index (χ0) is 22.7. The summed E-state index contributed by atoms with van der Waals surface area (Å²) in [4.78, 5) is 30.8. The molecule has 1 amide bonds. The first-order valence-electron chi connectivity index (χ1n) is 11.3. The Hall–Kier alpha value is -1.96. The molecule has 2 aliphatic rings. The van der Waals surface area contributed by atoms with Gasteiger partial charge in [-0.05, 0) is 30.7 Å². The number of carbonyl (C=O) groups excluding carboxylic acids is 1. The Bertz CT molecular complexity index is 974. The molecule has 2 fully saturated rings. The Morgan fingerprint density at radius 1 is 1.19 bits per heavy atom. The molecule has 172 valence electrons. The number of nitrogens with zero attached hydrogens (tertiary/aromatic N) is 1. The molecule has 0 radical (unpaired) electrons. The lowest BCUT2D eigenvalue weighted by Gasteiger charge is -2.43. The number of halogens is 1. The zero-order valence-corrected chi connectivity index (χ0v) is 19.5. The van der Waals surface area contributed by atoms with Crippen LogP contribution < -0.4 is 5.32 Å². The van der Waals surface area contributed by atoms with Gasteiger partial charge in [-0.2, -0.15) is 0 Å². The van der Waals surface area contributed by atoms with E-state index in [2.05, 4.69) is 5.32 Å². The van der Waals surface area contributed by atoms with E-state index >= 15 is 0 Å². The van der Waals surface area contributed by atoms with Crippen molar-refractivity contribution in [2.45, 2.75) is 62.8 Å². The number of benzene rings is 1. The number of hydrogen-bond donors (Lipinski definition) is 3. The molecular weight excluding hydrogens is 448 g/mol. The van der Waals surface area contributed by atoms with E-state index in [1.165, 1.54) is 11.3 Å². The highest BCUT2D eigenvalue weighted by molar-refractivity contribution is 7.10. The van der Waals surface area contributed by atoms with Gasteiger partial charge in [0.05, 0.1) is 24.8 Å².